The average molecular weight is 233 g/mol. The Morgan fingerprint density at radius 1 is 1.40 bits per heavy atom. The van der Waals surface area contributed by atoms with Crippen molar-refractivity contribution in [3.8, 4) is 0 Å². The van der Waals surface area contributed by atoms with E-state index in [0.29, 0.717) is 12.5 Å². The van der Waals surface area contributed by atoms with Gasteiger partial charge in [0.05, 0.1) is 5.75 Å². The summed E-state index contributed by atoms with van der Waals surface area (Å²) in [7, 11) is -2.84. The Labute approximate surface area is 93.6 Å². The monoisotopic (exact) mass is 233 g/mol. The van der Waals surface area contributed by atoms with E-state index in [0.717, 1.165) is 5.92 Å². The Balaban J connectivity index is 2.36. The number of hydrogen-bond donors (Lipinski definition) is 1. The fourth-order valence-electron chi connectivity index (χ4n) is 1.84. The summed E-state index contributed by atoms with van der Waals surface area (Å²) in [5.41, 5.74) is -0.0783. The topological polar surface area (TPSA) is 46.2 Å². The quantitative estimate of drug-likeness (QED) is 0.758. The van der Waals surface area contributed by atoms with Crippen molar-refractivity contribution in [3.63, 3.8) is 0 Å². The van der Waals surface area contributed by atoms with E-state index in [1.54, 1.807) is 0 Å². The van der Waals surface area contributed by atoms with Gasteiger partial charge in [0.2, 0.25) is 0 Å². The predicted molar refractivity (Wildman–Crippen MR) is 63.7 cm³/mol. The van der Waals surface area contributed by atoms with E-state index in [4.69, 9.17) is 0 Å². The van der Waals surface area contributed by atoms with Gasteiger partial charge in [0.1, 0.15) is 9.84 Å². The highest BCUT2D eigenvalue weighted by Gasteiger charge is 2.31. The Morgan fingerprint density at radius 3 is 2.33 bits per heavy atom. The Bertz CT molecular complexity index is 305. The Kier molecular flexibility index (Phi) is 3.82. The zero-order valence-electron chi connectivity index (χ0n) is 10.2. The molecule has 0 aromatic heterocycles. The van der Waals surface area contributed by atoms with Crippen LogP contribution < -0.4 is 5.32 Å². The maximum atomic E-state index is 11.1. The molecule has 3 nitrogen and oxygen atoms in total. The van der Waals surface area contributed by atoms with Gasteiger partial charge in [0.25, 0.3) is 0 Å². The number of rotatable bonds is 6. The van der Waals surface area contributed by atoms with E-state index in [1.165, 1.54) is 19.1 Å². The molecule has 1 aliphatic rings. The lowest BCUT2D eigenvalue weighted by atomic mass is 9.99. The predicted octanol–water partition coefficient (Wildman–Crippen LogP) is 1.59. The molecule has 15 heavy (non-hydrogen) atoms. The van der Waals surface area contributed by atoms with E-state index in [2.05, 4.69) is 26.1 Å². The van der Waals surface area contributed by atoms with Crippen LogP contribution in [0.2, 0.25) is 0 Å². The molecule has 1 saturated carbocycles. The minimum absolute atomic E-state index is 0.0783. The molecule has 1 aliphatic carbocycles. The molecule has 1 atom stereocenters. The Morgan fingerprint density at radius 2 is 1.93 bits per heavy atom. The van der Waals surface area contributed by atoms with Crippen LogP contribution >= 0.6 is 0 Å². The zero-order chi connectivity index (χ0) is 11.7. The van der Waals surface area contributed by atoms with Gasteiger partial charge in [0.15, 0.2) is 0 Å². The summed E-state index contributed by atoms with van der Waals surface area (Å²) in [5, 5.41) is 3.53. The van der Waals surface area contributed by atoms with Gasteiger partial charge in [-0.3, -0.25) is 0 Å². The van der Waals surface area contributed by atoms with Crippen molar-refractivity contribution >= 4 is 9.84 Å². The third-order valence-electron chi connectivity index (χ3n) is 3.05. The molecule has 0 radical (unpaired) electrons. The van der Waals surface area contributed by atoms with Gasteiger partial charge in [-0.2, -0.15) is 0 Å². The van der Waals surface area contributed by atoms with Gasteiger partial charge in [-0.15, -0.1) is 0 Å². The van der Waals surface area contributed by atoms with Crippen molar-refractivity contribution in [3.05, 3.63) is 0 Å². The lowest BCUT2D eigenvalue weighted by Crippen LogP contribution is -2.46. The van der Waals surface area contributed by atoms with Gasteiger partial charge in [-0.1, -0.05) is 0 Å². The van der Waals surface area contributed by atoms with Gasteiger partial charge in [-0.05, 0) is 46.0 Å². The van der Waals surface area contributed by atoms with Crippen LogP contribution in [0.4, 0.5) is 0 Å². The van der Waals surface area contributed by atoms with Crippen molar-refractivity contribution in [2.24, 2.45) is 5.92 Å². The second-order valence-electron chi connectivity index (χ2n) is 5.53. The molecule has 0 aromatic carbocycles. The molecule has 0 bridgehead atoms. The van der Waals surface area contributed by atoms with Gasteiger partial charge in [0, 0.05) is 17.8 Å². The van der Waals surface area contributed by atoms with Crippen molar-refractivity contribution in [2.75, 3.05) is 12.0 Å². The van der Waals surface area contributed by atoms with Crippen LogP contribution in [0.5, 0.6) is 0 Å². The van der Waals surface area contributed by atoms with Crippen molar-refractivity contribution in [1.82, 2.24) is 5.32 Å². The first-order chi connectivity index (χ1) is 6.70. The standard InChI is InChI=1S/C11H23NO2S/c1-9(10-5-6-10)12-11(2,3)7-8-15(4,13)14/h9-10,12H,5-8H2,1-4H3. The van der Waals surface area contributed by atoms with Gasteiger partial charge >= 0.3 is 0 Å². The highest BCUT2D eigenvalue weighted by Crippen LogP contribution is 2.33. The SMILES string of the molecule is CC(NC(C)(C)CCS(C)(=O)=O)C1CC1. The van der Waals surface area contributed by atoms with E-state index in [-0.39, 0.29) is 11.3 Å². The van der Waals surface area contributed by atoms with Crippen molar-refractivity contribution in [2.45, 2.75) is 51.6 Å². The van der Waals surface area contributed by atoms with Crippen molar-refractivity contribution in [1.29, 1.82) is 0 Å². The summed E-state index contributed by atoms with van der Waals surface area (Å²) in [6, 6.07) is 0.513. The molecule has 0 saturated heterocycles. The fraction of sp³-hybridized carbons (Fsp3) is 1.00. The number of nitrogens with one attached hydrogen (secondary N) is 1. The first-order valence-electron chi connectivity index (χ1n) is 5.65. The van der Waals surface area contributed by atoms with Crippen LogP contribution in [0.3, 0.4) is 0 Å². The molecular weight excluding hydrogens is 210 g/mol. The number of sulfone groups is 1. The molecular formula is C11H23NO2S. The van der Waals surface area contributed by atoms with E-state index in [9.17, 15) is 8.42 Å². The third kappa shape index (κ3) is 5.52. The van der Waals surface area contributed by atoms with Crippen LogP contribution in [-0.2, 0) is 9.84 Å². The van der Waals surface area contributed by atoms with Crippen LogP contribution in [0.15, 0.2) is 0 Å². The highest BCUT2D eigenvalue weighted by atomic mass is 32.2. The average Bonchev–Trinajstić information content (AvgIpc) is 2.80. The molecule has 0 aliphatic heterocycles. The molecule has 1 N–H and O–H groups in total. The molecule has 0 amide bonds. The maximum absolute atomic E-state index is 11.1. The molecule has 0 aromatic rings. The smallest absolute Gasteiger partial charge is 0.147 e. The molecule has 1 rings (SSSR count). The summed E-state index contributed by atoms with van der Waals surface area (Å²) in [5.74, 6) is 1.08. The minimum atomic E-state index is -2.84. The zero-order valence-corrected chi connectivity index (χ0v) is 11.0. The lowest BCUT2D eigenvalue weighted by Gasteiger charge is -2.30. The van der Waals surface area contributed by atoms with Crippen LogP contribution in [-0.4, -0.2) is 32.0 Å². The third-order valence-corrected chi connectivity index (χ3v) is 3.99. The fourth-order valence-corrected chi connectivity index (χ4v) is 2.72. The van der Waals surface area contributed by atoms with Crippen LogP contribution in [0.1, 0.15) is 40.0 Å². The molecule has 4 heteroatoms. The molecule has 0 spiro atoms. The second kappa shape index (κ2) is 4.42. The van der Waals surface area contributed by atoms with Gasteiger partial charge in [-0.25, -0.2) is 8.42 Å². The molecule has 0 heterocycles. The lowest BCUT2D eigenvalue weighted by molar-refractivity contribution is 0.317. The van der Waals surface area contributed by atoms with Crippen molar-refractivity contribution < 1.29 is 8.42 Å². The summed E-state index contributed by atoms with van der Waals surface area (Å²) < 4.78 is 22.2. The largest absolute Gasteiger partial charge is 0.309 e. The first kappa shape index (κ1) is 13.0. The van der Waals surface area contributed by atoms with E-state index in [1.807, 2.05) is 0 Å². The summed E-state index contributed by atoms with van der Waals surface area (Å²) in [6.07, 6.45) is 4.61. The summed E-state index contributed by atoms with van der Waals surface area (Å²) in [4.78, 5) is 0. The molecule has 1 unspecified atom stereocenters. The van der Waals surface area contributed by atoms with E-state index >= 15 is 0 Å². The maximum Gasteiger partial charge on any atom is 0.147 e. The summed E-state index contributed by atoms with van der Waals surface area (Å²) in [6.45, 7) is 6.36. The first-order valence-corrected chi connectivity index (χ1v) is 7.71. The highest BCUT2D eigenvalue weighted by molar-refractivity contribution is 7.90. The molecule has 1 fully saturated rings. The van der Waals surface area contributed by atoms with Crippen LogP contribution in [0.25, 0.3) is 0 Å². The van der Waals surface area contributed by atoms with E-state index < -0.39 is 9.84 Å². The number of hydrogen-bond acceptors (Lipinski definition) is 3. The van der Waals surface area contributed by atoms with Gasteiger partial charge < -0.3 is 5.32 Å². The van der Waals surface area contributed by atoms with Crippen LogP contribution in [0, 0.1) is 5.92 Å². The molecule has 90 valence electrons. The Hall–Kier alpha value is -0.0900. The summed E-state index contributed by atoms with van der Waals surface area (Å²) >= 11 is 0. The normalized spacial score (nSPS) is 20.3. The second-order valence-corrected chi connectivity index (χ2v) is 7.79. The minimum Gasteiger partial charge on any atom is -0.309 e.